The molecule has 0 bridgehead atoms. The van der Waals surface area contributed by atoms with Gasteiger partial charge in [-0.3, -0.25) is 0 Å². The zero-order valence-corrected chi connectivity index (χ0v) is 11.2. The highest BCUT2D eigenvalue weighted by Crippen LogP contribution is 2.17. The van der Waals surface area contributed by atoms with E-state index in [1.54, 1.807) is 18.2 Å². The first-order valence-corrected chi connectivity index (χ1v) is 6.48. The zero-order valence-electron chi connectivity index (χ0n) is 9.57. The lowest BCUT2D eigenvalue weighted by molar-refractivity contribution is 0.155. The van der Waals surface area contributed by atoms with E-state index in [4.69, 9.17) is 4.74 Å². The highest BCUT2D eigenvalue weighted by molar-refractivity contribution is 9.09. The molecule has 6 heteroatoms. The van der Waals surface area contributed by atoms with Gasteiger partial charge in [-0.25, -0.2) is 8.78 Å². The van der Waals surface area contributed by atoms with Crippen LogP contribution in [-0.2, 0) is 0 Å². The molecular formula is C11H15BrF2N2O. The number of pyridine rings is 1. The van der Waals surface area contributed by atoms with Gasteiger partial charge in [0.15, 0.2) is 0 Å². The molecule has 0 aromatic carbocycles. The molecule has 1 rings (SSSR count). The fourth-order valence-electron chi connectivity index (χ4n) is 1.38. The van der Waals surface area contributed by atoms with E-state index in [9.17, 15) is 8.78 Å². The molecule has 0 atom stereocenters. The molecule has 0 saturated carbocycles. The van der Waals surface area contributed by atoms with Gasteiger partial charge >= 0.3 is 0 Å². The minimum Gasteiger partial charge on any atom is -0.478 e. The Labute approximate surface area is 108 Å². The molecule has 0 aliphatic carbocycles. The Bertz CT molecular complexity index is 339. The van der Waals surface area contributed by atoms with Crippen molar-refractivity contribution in [1.82, 2.24) is 4.98 Å². The van der Waals surface area contributed by atoms with Gasteiger partial charge in [-0.2, -0.15) is 4.98 Å². The topological polar surface area (TPSA) is 25.4 Å². The second-order valence-electron chi connectivity index (χ2n) is 3.29. The number of nitrogens with zero attached hydrogens (tertiary/aromatic N) is 2. The van der Waals surface area contributed by atoms with Crippen LogP contribution in [0.15, 0.2) is 18.2 Å². The summed E-state index contributed by atoms with van der Waals surface area (Å²) in [5.41, 5.74) is 0. The van der Waals surface area contributed by atoms with Crippen LogP contribution in [0.5, 0.6) is 5.88 Å². The van der Waals surface area contributed by atoms with Gasteiger partial charge < -0.3 is 9.64 Å². The summed E-state index contributed by atoms with van der Waals surface area (Å²) in [4.78, 5) is 5.71. The number of aromatic nitrogens is 1. The number of ether oxygens (including phenoxy) is 1. The second-order valence-corrected chi connectivity index (χ2v) is 4.09. The molecule has 0 fully saturated rings. The Hall–Kier alpha value is -0.910. The normalized spacial score (nSPS) is 10.6. The monoisotopic (exact) mass is 308 g/mol. The smallest absolute Gasteiger partial charge is 0.255 e. The van der Waals surface area contributed by atoms with Crippen LogP contribution in [0.25, 0.3) is 0 Å². The maximum absolute atomic E-state index is 12.4. The Morgan fingerprint density at radius 1 is 1.47 bits per heavy atom. The molecule has 0 aliphatic heterocycles. The lowest BCUT2D eigenvalue weighted by Crippen LogP contribution is -2.31. The van der Waals surface area contributed by atoms with Crippen molar-refractivity contribution in [2.24, 2.45) is 0 Å². The number of hydrogen-bond donors (Lipinski definition) is 0. The summed E-state index contributed by atoms with van der Waals surface area (Å²) in [5, 5.41) is 0.611. The molecule has 1 aromatic rings. The molecule has 3 nitrogen and oxygen atoms in total. The van der Waals surface area contributed by atoms with Crippen molar-refractivity contribution in [2.75, 3.05) is 29.9 Å². The molecule has 1 heterocycles. The third kappa shape index (κ3) is 4.85. The van der Waals surface area contributed by atoms with E-state index >= 15 is 0 Å². The summed E-state index contributed by atoms with van der Waals surface area (Å²) in [6, 6.07) is 5.16. The predicted octanol–water partition coefficient (Wildman–Crippen LogP) is 2.95. The van der Waals surface area contributed by atoms with Gasteiger partial charge in [0.2, 0.25) is 5.88 Å². The van der Waals surface area contributed by atoms with Gasteiger partial charge in [0.05, 0.1) is 13.2 Å². The Morgan fingerprint density at radius 2 is 2.24 bits per heavy atom. The molecule has 0 radical (unpaired) electrons. The van der Waals surface area contributed by atoms with E-state index in [0.717, 1.165) is 0 Å². The summed E-state index contributed by atoms with van der Waals surface area (Å²) < 4.78 is 30.1. The lowest BCUT2D eigenvalue weighted by Gasteiger charge is -2.22. The summed E-state index contributed by atoms with van der Waals surface area (Å²) in [5.74, 6) is 0.967. The Kier molecular flexibility index (Phi) is 6.18. The van der Waals surface area contributed by atoms with E-state index in [-0.39, 0.29) is 6.54 Å². The molecule has 1 aromatic heterocycles. The van der Waals surface area contributed by atoms with Crippen molar-refractivity contribution in [3.63, 3.8) is 0 Å². The Morgan fingerprint density at radius 3 is 2.82 bits per heavy atom. The maximum atomic E-state index is 12.4. The third-order valence-corrected chi connectivity index (χ3v) is 2.39. The molecule has 96 valence electrons. The first-order chi connectivity index (χ1) is 8.17. The van der Waals surface area contributed by atoms with Gasteiger partial charge in [0, 0.05) is 17.9 Å². The van der Waals surface area contributed by atoms with Crippen LogP contribution in [0.4, 0.5) is 14.6 Å². The van der Waals surface area contributed by atoms with E-state index in [1.165, 1.54) is 4.90 Å². The first-order valence-electron chi connectivity index (χ1n) is 5.36. The van der Waals surface area contributed by atoms with Gasteiger partial charge in [0.1, 0.15) is 5.82 Å². The second kappa shape index (κ2) is 7.42. The largest absolute Gasteiger partial charge is 0.478 e. The number of hydrogen-bond acceptors (Lipinski definition) is 3. The van der Waals surface area contributed by atoms with Gasteiger partial charge in [-0.15, -0.1) is 0 Å². The van der Waals surface area contributed by atoms with E-state index in [2.05, 4.69) is 20.9 Å². The minimum atomic E-state index is -2.38. The third-order valence-electron chi connectivity index (χ3n) is 2.04. The molecule has 0 saturated heterocycles. The van der Waals surface area contributed by atoms with Crippen molar-refractivity contribution >= 4 is 21.7 Å². The molecule has 0 aliphatic rings. The van der Waals surface area contributed by atoms with Crippen LogP contribution in [-0.4, -0.2) is 36.4 Å². The standard InChI is InChI=1S/C11H15BrF2N2O/c1-2-17-11-5-3-4-10(15-11)16(7-6-12)8-9(13)14/h3-5,9H,2,6-8H2,1H3. The van der Waals surface area contributed by atoms with Crippen LogP contribution < -0.4 is 9.64 Å². The quantitative estimate of drug-likeness (QED) is 0.724. The van der Waals surface area contributed by atoms with Crippen LogP contribution >= 0.6 is 15.9 Å². The lowest BCUT2D eigenvalue weighted by atomic mass is 10.4. The average molecular weight is 309 g/mol. The van der Waals surface area contributed by atoms with Crippen LogP contribution in [0, 0.1) is 0 Å². The summed E-state index contributed by atoms with van der Waals surface area (Å²) in [6.45, 7) is 2.51. The molecule has 0 amide bonds. The molecule has 0 unspecified atom stereocenters. The molecule has 0 N–H and O–H groups in total. The summed E-state index contributed by atoms with van der Waals surface area (Å²) in [7, 11) is 0. The van der Waals surface area contributed by atoms with Crippen LogP contribution in [0.1, 0.15) is 6.92 Å². The van der Waals surface area contributed by atoms with Gasteiger partial charge in [-0.1, -0.05) is 22.0 Å². The Balaban J connectivity index is 2.81. The average Bonchev–Trinajstić information content (AvgIpc) is 2.29. The minimum absolute atomic E-state index is 0.325. The number of anilines is 1. The number of alkyl halides is 3. The number of halogens is 3. The molecule has 0 spiro atoms. The van der Waals surface area contributed by atoms with E-state index in [0.29, 0.717) is 30.2 Å². The van der Waals surface area contributed by atoms with Crippen molar-refractivity contribution in [2.45, 2.75) is 13.3 Å². The zero-order chi connectivity index (χ0) is 12.7. The van der Waals surface area contributed by atoms with Crippen molar-refractivity contribution in [3.05, 3.63) is 18.2 Å². The van der Waals surface area contributed by atoms with Gasteiger partial charge in [-0.05, 0) is 13.0 Å². The molecular weight excluding hydrogens is 294 g/mol. The van der Waals surface area contributed by atoms with E-state index in [1.807, 2.05) is 6.92 Å². The van der Waals surface area contributed by atoms with Crippen molar-refractivity contribution < 1.29 is 13.5 Å². The van der Waals surface area contributed by atoms with Crippen LogP contribution in [0.3, 0.4) is 0 Å². The van der Waals surface area contributed by atoms with Crippen molar-refractivity contribution in [1.29, 1.82) is 0 Å². The fraction of sp³-hybridized carbons (Fsp3) is 0.545. The van der Waals surface area contributed by atoms with Crippen molar-refractivity contribution in [3.8, 4) is 5.88 Å². The summed E-state index contributed by atoms with van der Waals surface area (Å²) >= 11 is 3.24. The first kappa shape index (κ1) is 14.2. The highest BCUT2D eigenvalue weighted by atomic mass is 79.9. The predicted molar refractivity (Wildman–Crippen MR) is 67.4 cm³/mol. The number of rotatable bonds is 7. The molecule has 17 heavy (non-hydrogen) atoms. The highest BCUT2D eigenvalue weighted by Gasteiger charge is 2.13. The summed E-state index contributed by atoms with van der Waals surface area (Å²) in [6.07, 6.45) is -2.38. The van der Waals surface area contributed by atoms with Gasteiger partial charge in [0.25, 0.3) is 6.43 Å². The maximum Gasteiger partial charge on any atom is 0.255 e. The SMILES string of the molecule is CCOc1cccc(N(CCBr)CC(F)F)n1. The van der Waals surface area contributed by atoms with Crippen LogP contribution in [0.2, 0.25) is 0 Å². The van der Waals surface area contributed by atoms with E-state index < -0.39 is 6.43 Å². The fourth-order valence-corrected chi connectivity index (χ4v) is 1.80.